The van der Waals surface area contributed by atoms with Crippen LogP contribution in [0.4, 0.5) is 5.69 Å². The SMILES string of the molecule is CCOc1ccc(N(C)C(=O)C2(N)CC2)cc1. The Morgan fingerprint density at radius 1 is 1.41 bits per heavy atom. The summed E-state index contributed by atoms with van der Waals surface area (Å²) in [4.78, 5) is 13.6. The van der Waals surface area contributed by atoms with E-state index in [0.717, 1.165) is 24.3 Å². The maximum atomic E-state index is 12.0. The highest BCUT2D eigenvalue weighted by Crippen LogP contribution is 2.35. The van der Waals surface area contributed by atoms with Crippen molar-refractivity contribution in [3.8, 4) is 5.75 Å². The average molecular weight is 234 g/mol. The quantitative estimate of drug-likeness (QED) is 0.859. The first kappa shape index (κ1) is 11.9. The third-order valence-corrected chi connectivity index (χ3v) is 3.05. The molecule has 92 valence electrons. The van der Waals surface area contributed by atoms with E-state index in [9.17, 15) is 4.79 Å². The van der Waals surface area contributed by atoms with Gasteiger partial charge in [-0.2, -0.15) is 0 Å². The lowest BCUT2D eigenvalue weighted by Crippen LogP contribution is -2.43. The zero-order valence-electron chi connectivity index (χ0n) is 10.3. The Kier molecular flexibility index (Phi) is 3.07. The maximum absolute atomic E-state index is 12.0. The Bertz CT molecular complexity index is 410. The molecule has 0 saturated heterocycles. The highest BCUT2D eigenvalue weighted by Gasteiger charge is 2.47. The summed E-state index contributed by atoms with van der Waals surface area (Å²) >= 11 is 0. The zero-order chi connectivity index (χ0) is 12.5. The fourth-order valence-corrected chi connectivity index (χ4v) is 1.73. The highest BCUT2D eigenvalue weighted by molar-refractivity contribution is 6.01. The molecule has 2 rings (SSSR count). The number of carbonyl (C=O) groups is 1. The summed E-state index contributed by atoms with van der Waals surface area (Å²) in [5, 5.41) is 0. The minimum Gasteiger partial charge on any atom is -0.494 e. The van der Waals surface area contributed by atoms with Gasteiger partial charge in [0, 0.05) is 12.7 Å². The number of ether oxygens (including phenoxy) is 1. The molecule has 2 N–H and O–H groups in total. The van der Waals surface area contributed by atoms with Gasteiger partial charge in [0.15, 0.2) is 0 Å². The van der Waals surface area contributed by atoms with E-state index in [-0.39, 0.29) is 5.91 Å². The number of carbonyl (C=O) groups excluding carboxylic acids is 1. The number of rotatable bonds is 4. The van der Waals surface area contributed by atoms with Crippen LogP contribution in [0.2, 0.25) is 0 Å². The molecule has 0 heterocycles. The third kappa shape index (κ3) is 2.42. The molecule has 1 aromatic rings. The van der Waals surface area contributed by atoms with Gasteiger partial charge in [-0.1, -0.05) is 0 Å². The normalized spacial score (nSPS) is 16.4. The van der Waals surface area contributed by atoms with Gasteiger partial charge >= 0.3 is 0 Å². The van der Waals surface area contributed by atoms with Gasteiger partial charge in [0.1, 0.15) is 5.75 Å². The highest BCUT2D eigenvalue weighted by atomic mass is 16.5. The lowest BCUT2D eigenvalue weighted by atomic mass is 10.2. The first-order valence-electron chi connectivity index (χ1n) is 5.87. The van der Waals surface area contributed by atoms with Gasteiger partial charge in [-0.3, -0.25) is 4.79 Å². The maximum Gasteiger partial charge on any atom is 0.246 e. The molecule has 0 bridgehead atoms. The second-order valence-electron chi connectivity index (χ2n) is 4.45. The van der Waals surface area contributed by atoms with Gasteiger partial charge < -0.3 is 15.4 Å². The summed E-state index contributed by atoms with van der Waals surface area (Å²) in [6.45, 7) is 2.58. The Balaban J connectivity index is 2.08. The summed E-state index contributed by atoms with van der Waals surface area (Å²) in [5.41, 5.74) is 6.12. The fourth-order valence-electron chi connectivity index (χ4n) is 1.73. The monoisotopic (exact) mass is 234 g/mol. The summed E-state index contributed by atoms with van der Waals surface area (Å²) in [7, 11) is 1.75. The van der Waals surface area contributed by atoms with Gasteiger partial charge in [0.2, 0.25) is 5.91 Å². The summed E-state index contributed by atoms with van der Waals surface area (Å²) in [6.07, 6.45) is 1.57. The first-order valence-corrected chi connectivity index (χ1v) is 5.87. The molecule has 0 atom stereocenters. The molecule has 4 nitrogen and oxygen atoms in total. The van der Waals surface area contributed by atoms with Gasteiger partial charge in [-0.05, 0) is 44.0 Å². The largest absolute Gasteiger partial charge is 0.494 e. The summed E-state index contributed by atoms with van der Waals surface area (Å²) < 4.78 is 5.35. The smallest absolute Gasteiger partial charge is 0.246 e. The zero-order valence-corrected chi connectivity index (χ0v) is 10.3. The van der Waals surface area contributed by atoms with Crippen LogP contribution in [-0.4, -0.2) is 25.1 Å². The number of benzene rings is 1. The van der Waals surface area contributed by atoms with E-state index < -0.39 is 5.54 Å². The predicted octanol–water partition coefficient (Wildman–Crippen LogP) is 1.54. The minimum absolute atomic E-state index is 0.0124. The van der Waals surface area contributed by atoms with E-state index >= 15 is 0 Å². The molecule has 1 aromatic carbocycles. The molecule has 1 saturated carbocycles. The molecule has 1 fully saturated rings. The van der Waals surface area contributed by atoms with Crippen LogP contribution in [-0.2, 0) is 4.79 Å². The lowest BCUT2D eigenvalue weighted by molar-refractivity contribution is -0.120. The van der Waals surface area contributed by atoms with Gasteiger partial charge in [0.05, 0.1) is 12.1 Å². The van der Waals surface area contributed by atoms with Crippen molar-refractivity contribution in [3.05, 3.63) is 24.3 Å². The van der Waals surface area contributed by atoms with E-state index in [4.69, 9.17) is 10.5 Å². The van der Waals surface area contributed by atoms with Crippen LogP contribution >= 0.6 is 0 Å². The Labute approximate surface area is 101 Å². The molecule has 1 aliphatic rings. The van der Waals surface area contributed by atoms with E-state index in [0.29, 0.717) is 6.61 Å². The van der Waals surface area contributed by atoms with Crippen LogP contribution in [0.25, 0.3) is 0 Å². The lowest BCUT2D eigenvalue weighted by Gasteiger charge is -2.21. The Hall–Kier alpha value is -1.55. The van der Waals surface area contributed by atoms with Gasteiger partial charge in [-0.25, -0.2) is 0 Å². The number of nitrogens with zero attached hydrogens (tertiary/aromatic N) is 1. The van der Waals surface area contributed by atoms with Crippen LogP contribution < -0.4 is 15.4 Å². The number of amides is 1. The van der Waals surface area contributed by atoms with Crippen molar-refractivity contribution >= 4 is 11.6 Å². The van der Waals surface area contributed by atoms with Crippen molar-refractivity contribution in [1.29, 1.82) is 0 Å². The van der Waals surface area contributed by atoms with Gasteiger partial charge in [0.25, 0.3) is 0 Å². The molecule has 4 heteroatoms. The van der Waals surface area contributed by atoms with Crippen LogP contribution in [0.5, 0.6) is 5.75 Å². The van der Waals surface area contributed by atoms with Crippen LogP contribution in [0.1, 0.15) is 19.8 Å². The number of likely N-dealkylation sites (N-methyl/N-ethyl adjacent to an activating group) is 1. The predicted molar refractivity (Wildman–Crippen MR) is 67.2 cm³/mol. The Morgan fingerprint density at radius 3 is 2.47 bits per heavy atom. The van der Waals surface area contributed by atoms with Crippen molar-refractivity contribution in [3.63, 3.8) is 0 Å². The molecule has 0 aromatic heterocycles. The topological polar surface area (TPSA) is 55.6 Å². The van der Waals surface area contributed by atoms with Crippen molar-refractivity contribution < 1.29 is 9.53 Å². The number of hydrogen-bond acceptors (Lipinski definition) is 3. The first-order chi connectivity index (χ1) is 8.07. The van der Waals surface area contributed by atoms with Crippen LogP contribution in [0.15, 0.2) is 24.3 Å². The van der Waals surface area contributed by atoms with E-state index in [1.807, 2.05) is 31.2 Å². The second-order valence-corrected chi connectivity index (χ2v) is 4.45. The Morgan fingerprint density at radius 2 is 2.00 bits per heavy atom. The molecule has 17 heavy (non-hydrogen) atoms. The molecular weight excluding hydrogens is 216 g/mol. The number of anilines is 1. The second kappa shape index (κ2) is 4.37. The minimum atomic E-state index is -0.618. The molecule has 0 aliphatic heterocycles. The van der Waals surface area contributed by atoms with Crippen molar-refractivity contribution in [2.24, 2.45) is 5.73 Å². The van der Waals surface area contributed by atoms with Crippen molar-refractivity contribution in [2.45, 2.75) is 25.3 Å². The number of hydrogen-bond donors (Lipinski definition) is 1. The van der Waals surface area contributed by atoms with Crippen molar-refractivity contribution in [1.82, 2.24) is 0 Å². The summed E-state index contributed by atoms with van der Waals surface area (Å²) in [6, 6.07) is 7.46. The average Bonchev–Trinajstić information content (AvgIpc) is 3.08. The van der Waals surface area contributed by atoms with Crippen LogP contribution in [0, 0.1) is 0 Å². The molecular formula is C13H18N2O2. The van der Waals surface area contributed by atoms with E-state index in [2.05, 4.69) is 0 Å². The fraction of sp³-hybridized carbons (Fsp3) is 0.462. The van der Waals surface area contributed by atoms with Crippen molar-refractivity contribution in [2.75, 3.05) is 18.6 Å². The van der Waals surface area contributed by atoms with Crippen LogP contribution in [0.3, 0.4) is 0 Å². The van der Waals surface area contributed by atoms with E-state index in [1.54, 1.807) is 11.9 Å². The number of nitrogens with two attached hydrogens (primary N) is 1. The third-order valence-electron chi connectivity index (χ3n) is 3.05. The molecule has 0 unspecified atom stereocenters. The molecule has 0 spiro atoms. The molecule has 1 aliphatic carbocycles. The van der Waals surface area contributed by atoms with Gasteiger partial charge in [-0.15, -0.1) is 0 Å². The molecule has 0 radical (unpaired) electrons. The van der Waals surface area contributed by atoms with E-state index in [1.165, 1.54) is 0 Å². The standard InChI is InChI=1S/C13H18N2O2/c1-3-17-11-6-4-10(5-7-11)15(2)12(16)13(14)8-9-13/h4-7H,3,8-9,14H2,1-2H3. The summed E-state index contributed by atoms with van der Waals surface area (Å²) in [5.74, 6) is 0.799. The molecule has 1 amide bonds.